The van der Waals surface area contributed by atoms with Gasteiger partial charge in [-0.3, -0.25) is 14.4 Å². The summed E-state index contributed by atoms with van der Waals surface area (Å²) >= 11 is 0. The Hall–Kier alpha value is -1.56. The number of nitrogen functional groups attached to an aromatic ring is 1. The van der Waals surface area contributed by atoms with Crippen molar-refractivity contribution in [2.45, 2.75) is 31.8 Å². The number of amides is 1. The zero-order valence-corrected chi connectivity index (χ0v) is 10.8. The Kier molecular flexibility index (Phi) is 4.19. The normalized spacial score (nSPS) is 20.8. The van der Waals surface area contributed by atoms with Crippen LogP contribution in [0.3, 0.4) is 0 Å². The fourth-order valence-corrected chi connectivity index (χ4v) is 2.45. The van der Waals surface area contributed by atoms with Crippen molar-refractivity contribution in [1.29, 1.82) is 0 Å². The molecule has 1 aromatic heterocycles. The first-order valence-corrected chi connectivity index (χ1v) is 6.44. The molecule has 6 nitrogen and oxygen atoms in total. The minimum atomic E-state index is 0.0108. The van der Waals surface area contributed by atoms with Crippen molar-refractivity contribution in [2.24, 2.45) is 0 Å². The zero-order valence-electron chi connectivity index (χ0n) is 10.8. The molecule has 1 saturated heterocycles. The van der Waals surface area contributed by atoms with Gasteiger partial charge in [0.25, 0.3) is 0 Å². The van der Waals surface area contributed by atoms with Crippen LogP contribution in [0.15, 0.2) is 12.4 Å². The van der Waals surface area contributed by atoms with Gasteiger partial charge in [-0.15, -0.1) is 0 Å². The van der Waals surface area contributed by atoms with Gasteiger partial charge >= 0.3 is 0 Å². The largest absolute Gasteiger partial charge is 0.396 e. The number of carbonyl (C=O) groups is 1. The van der Waals surface area contributed by atoms with E-state index >= 15 is 0 Å². The number of carbonyl (C=O) groups excluding carboxylic acids is 1. The Morgan fingerprint density at radius 2 is 2.39 bits per heavy atom. The molecule has 1 fully saturated rings. The van der Waals surface area contributed by atoms with Gasteiger partial charge in [0.15, 0.2) is 0 Å². The molecule has 1 aliphatic rings. The lowest BCUT2D eigenvalue weighted by Crippen LogP contribution is -2.49. The van der Waals surface area contributed by atoms with Crippen molar-refractivity contribution in [1.82, 2.24) is 20.0 Å². The Balaban J connectivity index is 1.91. The van der Waals surface area contributed by atoms with Crippen LogP contribution in [0.1, 0.15) is 19.3 Å². The van der Waals surface area contributed by atoms with E-state index in [-0.39, 0.29) is 11.9 Å². The predicted octanol–water partition coefficient (Wildman–Crippen LogP) is 0.0658. The maximum absolute atomic E-state index is 11.8. The first-order chi connectivity index (χ1) is 8.70. The van der Waals surface area contributed by atoms with Crippen LogP contribution in [0.2, 0.25) is 0 Å². The van der Waals surface area contributed by atoms with Crippen LogP contribution in [-0.4, -0.2) is 46.8 Å². The SMILES string of the molecule is CNC(=O)C1CCCCN1CCn1cc(N)cn1. The standard InChI is InChI=1S/C12H21N5O/c1-14-12(18)11-4-2-3-5-16(11)6-7-17-9-10(13)8-15-17/h8-9,11H,2-7,13H2,1H3,(H,14,18). The number of likely N-dealkylation sites (N-methyl/N-ethyl adjacent to an activating group) is 1. The van der Waals surface area contributed by atoms with Gasteiger partial charge in [-0.25, -0.2) is 0 Å². The highest BCUT2D eigenvalue weighted by molar-refractivity contribution is 5.81. The summed E-state index contributed by atoms with van der Waals surface area (Å²) in [6, 6.07) is 0.0108. The van der Waals surface area contributed by atoms with E-state index in [4.69, 9.17) is 5.73 Å². The van der Waals surface area contributed by atoms with E-state index in [2.05, 4.69) is 15.3 Å². The first kappa shape index (κ1) is 12.9. The maximum atomic E-state index is 11.8. The van der Waals surface area contributed by atoms with Gasteiger partial charge in [-0.05, 0) is 19.4 Å². The molecule has 0 aliphatic carbocycles. The third-order valence-corrected chi connectivity index (χ3v) is 3.43. The van der Waals surface area contributed by atoms with Crippen molar-refractivity contribution in [2.75, 3.05) is 25.9 Å². The van der Waals surface area contributed by atoms with E-state index in [0.29, 0.717) is 5.69 Å². The summed E-state index contributed by atoms with van der Waals surface area (Å²) in [6.45, 7) is 2.58. The number of rotatable bonds is 4. The summed E-state index contributed by atoms with van der Waals surface area (Å²) in [7, 11) is 1.70. The third-order valence-electron chi connectivity index (χ3n) is 3.43. The number of likely N-dealkylation sites (tertiary alicyclic amines) is 1. The van der Waals surface area contributed by atoms with Crippen LogP contribution in [0, 0.1) is 0 Å². The molecule has 0 aromatic carbocycles. The van der Waals surface area contributed by atoms with E-state index in [1.54, 1.807) is 13.2 Å². The second-order valence-corrected chi connectivity index (χ2v) is 4.70. The molecular weight excluding hydrogens is 230 g/mol. The van der Waals surface area contributed by atoms with Crippen molar-refractivity contribution >= 4 is 11.6 Å². The van der Waals surface area contributed by atoms with E-state index < -0.39 is 0 Å². The van der Waals surface area contributed by atoms with Gasteiger partial charge in [0, 0.05) is 19.8 Å². The molecule has 18 heavy (non-hydrogen) atoms. The second kappa shape index (κ2) is 5.86. The fourth-order valence-electron chi connectivity index (χ4n) is 2.45. The molecule has 0 saturated carbocycles. The van der Waals surface area contributed by atoms with Gasteiger partial charge in [0.2, 0.25) is 5.91 Å². The first-order valence-electron chi connectivity index (χ1n) is 6.44. The van der Waals surface area contributed by atoms with Crippen molar-refractivity contribution < 1.29 is 4.79 Å². The van der Waals surface area contributed by atoms with Crippen molar-refractivity contribution in [3.8, 4) is 0 Å². The van der Waals surface area contributed by atoms with Gasteiger partial charge in [-0.1, -0.05) is 6.42 Å². The van der Waals surface area contributed by atoms with Crippen LogP contribution in [0.5, 0.6) is 0 Å². The Bertz CT molecular complexity index is 403. The van der Waals surface area contributed by atoms with Crippen LogP contribution in [0.4, 0.5) is 5.69 Å². The molecule has 1 atom stereocenters. The Morgan fingerprint density at radius 1 is 1.56 bits per heavy atom. The molecule has 1 amide bonds. The minimum Gasteiger partial charge on any atom is -0.396 e. The molecule has 2 heterocycles. The topological polar surface area (TPSA) is 76.2 Å². The molecule has 0 radical (unpaired) electrons. The molecule has 0 bridgehead atoms. The molecule has 2 rings (SSSR count). The summed E-state index contributed by atoms with van der Waals surface area (Å²) in [4.78, 5) is 14.0. The number of anilines is 1. The molecule has 1 aliphatic heterocycles. The molecule has 3 N–H and O–H groups in total. The van der Waals surface area contributed by atoms with E-state index in [9.17, 15) is 4.79 Å². The van der Waals surface area contributed by atoms with Crippen molar-refractivity contribution in [3.63, 3.8) is 0 Å². The van der Waals surface area contributed by atoms with E-state index in [0.717, 1.165) is 38.9 Å². The zero-order chi connectivity index (χ0) is 13.0. The van der Waals surface area contributed by atoms with Crippen LogP contribution < -0.4 is 11.1 Å². The average Bonchev–Trinajstić information content (AvgIpc) is 2.81. The van der Waals surface area contributed by atoms with Gasteiger partial charge in [-0.2, -0.15) is 5.10 Å². The highest BCUT2D eigenvalue weighted by atomic mass is 16.2. The molecule has 6 heteroatoms. The highest BCUT2D eigenvalue weighted by Crippen LogP contribution is 2.17. The lowest BCUT2D eigenvalue weighted by Gasteiger charge is -2.34. The Labute approximate surface area is 107 Å². The van der Waals surface area contributed by atoms with Crippen LogP contribution >= 0.6 is 0 Å². The molecule has 1 aromatic rings. The lowest BCUT2D eigenvalue weighted by molar-refractivity contribution is -0.127. The summed E-state index contributed by atoms with van der Waals surface area (Å²) in [6.07, 6.45) is 6.70. The maximum Gasteiger partial charge on any atom is 0.237 e. The smallest absolute Gasteiger partial charge is 0.237 e. The second-order valence-electron chi connectivity index (χ2n) is 4.70. The highest BCUT2D eigenvalue weighted by Gasteiger charge is 2.27. The number of nitrogens with one attached hydrogen (secondary N) is 1. The van der Waals surface area contributed by atoms with E-state index in [1.165, 1.54) is 0 Å². The number of nitrogens with two attached hydrogens (primary N) is 1. The molecular formula is C12H21N5O. The van der Waals surface area contributed by atoms with Gasteiger partial charge < -0.3 is 11.1 Å². The van der Waals surface area contributed by atoms with Gasteiger partial charge in [0.05, 0.1) is 24.5 Å². The summed E-state index contributed by atoms with van der Waals surface area (Å²) in [5.41, 5.74) is 6.30. The van der Waals surface area contributed by atoms with Crippen LogP contribution in [0.25, 0.3) is 0 Å². The monoisotopic (exact) mass is 251 g/mol. The molecule has 0 spiro atoms. The molecule has 1 unspecified atom stereocenters. The summed E-state index contributed by atoms with van der Waals surface area (Å²) in [5.74, 6) is 0.120. The fraction of sp³-hybridized carbons (Fsp3) is 0.667. The van der Waals surface area contributed by atoms with E-state index in [1.807, 2.05) is 10.9 Å². The number of piperidine rings is 1. The molecule has 100 valence electrons. The minimum absolute atomic E-state index is 0.0108. The quantitative estimate of drug-likeness (QED) is 0.793. The average molecular weight is 251 g/mol. The summed E-state index contributed by atoms with van der Waals surface area (Å²) in [5, 5.41) is 6.90. The number of hydrogen-bond acceptors (Lipinski definition) is 4. The number of nitrogens with zero attached hydrogens (tertiary/aromatic N) is 3. The summed E-state index contributed by atoms with van der Waals surface area (Å²) < 4.78 is 1.82. The number of hydrogen-bond donors (Lipinski definition) is 2. The number of aromatic nitrogens is 2. The lowest BCUT2D eigenvalue weighted by atomic mass is 10.0. The van der Waals surface area contributed by atoms with Gasteiger partial charge in [0.1, 0.15) is 0 Å². The third kappa shape index (κ3) is 3.01. The Morgan fingerprint density at radius 3 is 3.06 bits per heavy atom. The van der Waals surface area contributed by atoms with Crippen LogP contribution in [-0.2, 0) is 11.3 Å². The van der Waals surface area contributed by atoms with Crippen molar-refractivity contribution in [3.05, 3.63) is 12.4 Å². The predicted molar refractivity (Wildman–Crippen MR) is 69.9 cm³/mol.